The molecule has 8 heteroatoms. The Bertz CT molecular complexity index is 885. The summed E-state index contributed by atoms with van der Waals surface area (Å²) in [6.07, 6.45) is 1.76. The van der Waals surface area contributed by atoms with Crippen LogP contribution in [0.15, 0.2) is 48.5 Å². The molecule has 0 aromatic heterocycles. The third-order valence-electron chi connectivity index (χ3n) is 4.00. The normalized spacial score (nSPS) is 11.1. The van der Waals surface area contributed by atoms with E-state index in [1.165, 1.54) is 4.31 Å². The van der Waals surface area contributed by atoms with E-state index in [-0.39, 0.29) is 18.9 Å². The zero-order chi connectivity index (χ0) is 20.6. The predicted octanol–water partition coefficient (Wildman–Crippen LogP) is 3.60. The maximum atomic E-state index is 12.3. The van der Waals surface area contributed by atoms with Crippen molar-refractivity contribution in [1.82, 2.24) is 5.32 Å². The monoisotopic (exact) mass is 424 g/mol. The number of para-hydroxylation sites is 2. The molecule has 28 heavy (non-hydrogen) atoms. The molecule has 2 aromatic carbocycles. The maximum Gasteiger partial charge on any atom is 0.232 e. The highest BCUT2D eigenvalue weighted by Crippen LogP contribution is 2.30. The van der Waals surface area contributed by atoms with Gasteiger partial charge in [-0.1, -0.05) is 35.9 Å². The van der Waals surface area contributed by atoms with Gasteiger partial charge in [-0.2, -0.15) is 0 Å². The minimum Gasteiger partial charge on any atom is -0.492 e. The lowest BCUT2D eigenvalue weighted by Crippen LogP contribution is -2.32. The van der Waals surface area contributed by atoms with Crippen molar-refractivity contribution in [2.45, 2.75) is 26.3 Å². The van der Waals surface area contributed by atoms with Crippen molar-refractivity contribution in [2.24, 2.45) is 0 Å². The molecule has 0 radical (unpaired) electrons. The SMILES string of the molecule is CCOc1ccccc1N(CCCC(=O)NCc1ccc(Cl)cc1)S(C)(=O)=O. The number of hydrogen-bond donors (Lipinski definition) is 1. The fourth-order valence-electron chi connectivity index (χ4n) is 2.68. The average Bonchev–Trinajstić information content (AvgIpc) is 2.65. The first-order valence-electron chi connectivity index (χ1n) is 9.02. The van der Waals surface area contributed by atoms with Crippen molar-refractivity contribution >= 4 is 33.2 Å². The average molecular weight is 425 g/mol. The Labute approximate surface area is 171 Å². The van der Waals surface area contributed by atoms with E-state index >= 15 is 0 Å². The van der Waals surface area contributed by atoms with Gasteiger partial charge in [0.1, 0.15) is 5.75 Å². The van der Waals surface area contributed by atoms with Gasteiger partial charge in [0.05, 0.1) is 18.6 Å². The van der Waals surface area contributed by atoms with E-state index in [9.17, 15) is 13.2 Å². The smallest absolute Gasteiger partial charge is 0.232 e. The number of anilines is 1. The molecule has 0 bridgehead atoms. The van der Waals surface area contributed by atoms with Gasteiger partial charge in [0.25, 0.3) is 0 Å². The molecule has 0 spiro atoms. The van der Waals surface area contributed by atoms with Crippen molar-refractivity contribution in [3.8, 4) is 5.75 Å². The van der Waals surface area contributed by atoms with Gasteiger partial charge in [-0.25, -0.2) is 8.42 Å². The Morgan fingerprint density at radius 1 is 1.14 bits per heavy atom. The number of carbonyl (C=O) groups excluding carboxylic acids is 1. The number of halogens is 1. The molecule has 0 aliphatic heterocycles. The van der Waals surface area contributed by atoms with Crippen molar-refractivity contribution in [3.63, 3.8) is 0 Å². The number of ether oxygens (including phenoxy) is 1. The summed E-state index contributed by atoms with van der Waals surface area (Å²) >= 11 is 5.84. The number of nitrogens with zero attached hydrogens (tertiary/aromatic N) is 1. The second kappa shape index (κ2) is 10.3. The zero-order valence-electron chi connectivity index (χ0n) is 16.0. The number of rotatable bonds is 10. The lowest BCUT2D eigenvalue weighted by atomic mass is 10.2. The molecular formula is C20H25ClN2O4S. The van der Waals surface area contributed by atoms with Crippen molar-refractivity contribution in [2.75, 3.05) is 23.7 Å². The largest absolute Gasteiger partial charge is 0.492 e. The number of benzene rings is 2. The van der Waals surface area contributed by atoms with Crippen LogP contribution >= 0.6 is 11.6 Å². The molecule has 0 saturated heterocycles. The lowest BCUT2D eigenvalue weighted by Gasteiger charge is -2.24. The zero-order valence-corrected chi connectivity index (χ0v) is 17.6. The van der Waals surface area contributed by atoms with E-state index < -0.39 is 10.0 Å². The van der Waals surface area contributed by atoms with Crippen LogP contribution in [-0.4, -0.2) is 33.7 Å². The number of amides is 1. The molecule has 152 valence electrons. The summed E-state index contributed by atoms with van der Waals surface area (Å²) in [5, 5.41) is 3.47. The van der Waals surface area contributed by atoms with Gasteiger partial charge in [0.2, 0.25) is 15.9 Å². The number of nitrogens with one attached hydrogen (secondary N) is 1. The van der Waals surface area contributed by atoms with Crippen molar-refractivity contribution in [3.05, 3.63) is 59.1 Å². The third-order valence-corrected chi connectivity index (χ3v) is 5.43. The van der Waals surface area contributed by atoms with E-state index in [1.54, 1.807) is 36.4 Å². The molecule has 1 N–H and O–H groups in total. The minimum atomic E-state index is -3.51. The van der Waals surface area contributed by atoms with Crippen LogP contribution in [0.5, 0.6) is 5.75 Å². The van der Waals surface area contributed by atoms with E-state index in [0.29, 0.717) is 36.0 Å². The molecule has 2 aromatic rings. The number of carbonyl (C=O) groups is 1. The highest BCUT2D eigenvalue weighted by Gasteiger charge is 2.21. The quantitative estimate of drug-likeness (QED) is 0.632. The molecule has 0 atom stereocenters. The second-order valence-corrected chi connectivity index (χ2v) is 8.59. The van der Waals surface area contributed by atoms with Crippen LogP contribution in [-0.2, 0) is 21.4 Å². The molecule has 0 aliphatic rings. The van der Waals surface area contributed by atoms with Gasteiger partial charge in [0, 0.05) is 24.5 Å². The predicted molar refractivity (Wildman–Crippen MR) is 112 cm³/mol. The number of sulfonamides is 1. The molecular weight excluding hydrogens is 400 g/mol. The fraction of sp³-hybridized carbons (Fsp3) is 0.350. The summed E-state index contributed by atoms with van der Waals surface area (Å²) in [5.41, 5.74) is 1.43. The Balaban J connectivity index is 1.94. The molecule has 2 rings (SSSR count). The van der Waals surface area contributed by atoms with E-state index in [2.05, 4.69) is 5.32 Å². The molecule has 0 fully saturated rings. The van der Waals surface area contributed by atoms with Gasteiger partial charge >= 0.3 is 0 Å². The first kappa shape index (κ1) is 22.0. The summed E-state index contributed by atoms with van der Waals surface area (Å²) in [6.45, 7) is 2.87. The standard InChI is InChI=1S/C20H25ClN2O4S/c1-3-27-19-8-5-4-7-18(19)23(28(2,25)26)14-6-9-20(24)22-15-16-10-12-17(21)13-11-16/h4-5,7-8,10-13H,3,6,9,14-15H2,1-2H3,(H,22,24). The molecule has 6 nitrogen and oxygen atoms in total. The summed E-state index contributed by atoms with van der Waals surface area (Å²) < 4.78 is 31.3. The molecule has 0 heterocycles. The van der Waals surface area contributed by atoms with E-state index in [4.69, 9.17) is 16.3 Å². The third kappa shape index (κ3) is 6.73. The lowest BCUT2D eigenvalue weighted by molar-refractivity contribution is -0.121. The Morgan fingerprint density at radius 3 is 2.46 bits per heavy atom. The van der Waals surface area contributed by atoms with Crippen LogP contribution in [0.1, 0.15) is 25.3 Å². The fourth-order valence-corrected chi connectivity index (χ4v) is 3.78. The Morgan fingerprint density at radius 2 is 1.82 bits per heavy atom. The minimum absolute atomic E-state index is 0.138. The van der Waals surface area contributed by atoms with Gasteiger partial charge in [-0.15, -0.1) is 0 Å². The second-order valence-electron chi connectivity index (χ2n) is 6.24. The van der Waals surface area contributed by atoms with E-state index in [1.807, 2.05) is 19.1 Å². The Hall–Kier alpha value is -2.25. The highest BCUT2D eigenvalue weighted by molar-refractivity contribution is 7.92. The van der Waals surface area contributed by atoms with Crippen molar-refractivity contribution in [1.29, 1.82) is 0 Å². The molecule has 0 aliphatic carbocycles. The highest BCUT2D eigenvalue weighted by atomic mass is 35.5. The summed E-state index contributed by atoms with van der Waals surface area (Å²) in [5.74, 6) is 0.365. The topological polar surface area (TPSA) is 75.7 Å². The molecule has 1 amide bonds. The summed E-state index contributed by atoms with van der Waals surface area (Å²) in [4.78, 5) is 12.1. The van der Waals surface area contributed by atoms with Crippen LogP contribution in [0.25, 0.3) is 0 Å². The van der Waals surface area contributed by atoms with Crippen LogP contribution in [0.2, 0.25) is 5.02 Å². The first-order valence-corrected chi connectivity index (χ1v) is 11.2. The van der Waals surface area contributed by atoms with Crippen LogP contribution in [0.3, 0.4) is 0 Å². The summed E-state index contributed by atoms with van der Waals surface area (Å²) in [6, 6.07) is 14.2. The van der Waals surface area contributed by atoms with Gasteiger partial charge in [0.15, 0.2) is 0 Å². The first-order chi connectivity index (χ1) is 13.3. The van der Waals surface area contributed by atoms with Gasteiger partial charge < -0.3 is 10.1 Å². The molecule has 0 saturated carbocycles. The maximum absolute atomic E-state index is 12.3. The summed E-state index contributed by atoms with van der Waals surface area (Å²) in [7, 11) is -3.51. The molecule has 0 unspecified atom stereocenters. The number of hydrogen-bond acceptors (Lipinski definition) is 4. The van der Waals surface area contributed by atoms with Crippen LogP contribution in [0, 0.1) is 0 Å². The van der Waals surface area contributed by atoms with Crippen LogP contribution in [0.4, 0.5) is 5.69 Å². The Kier molecular flexibility index (Phi) is 8.14. The van der Waals surface area contributed by atoms with E-state index in [0.717, 1.165) is 11.8 Å². The van der Waals surface area contributed by atoms with Gasteiger partial charge in [-0.05, 0) is 43.2 Å². The van der Waals surface area contributed by atoms with Gasteiger partial charge in [-0.3, -0.25) is 9.10 Å². The van der Waals surface area contributed by atoms with Crippen LogP contribution < -0.4 is 14.4 Å². The van der Waals surface area contributed by atoms with Crippen molar-refractivity contribution < 1.29 is 17.9 Å².